The number of anilines is 1. The first-order chi connectivity index (χ1) is 12.1. The predicted molar refractivity (Wildman–Crippen MR) is 103 cm³/mol. The normalized spacial score (nSPS) is 16.5. The molecule has 0 bridgehead atoms. The van der Waals surface area contributed by atoms with Crippen LogP contribution in [0.5, 0.6) is 5.75 Å². The molecule has 2 N–H and O–H groups in total. The Kier molecular flexibility index (Phi) is 8.06. The molecule has 1 aromatic rings. The summed E-state index contributed by atoms with van der Waals surface area (Å²) in [6, 6.07) is 8.44. The standard InChI is InChI=1S/C20H33N3O2/c1-4-5-6-9-17(2)21-20(24)16-22-12-14-23(15-13-22)18-10-7-8-11-19(18)25-3/h7-8,10-11,17H,4-6,9,12-16H2,1-3H3,(H,21,24)/p+1/t17-/m1/s1. The number of ether oxygens (including phenoxy) is 1. The van der Waals surface area contributed by atoms with E-state index in [1.54, 1.807) is 7.11 Å². The number of para-hydroxylation sites is 2. The van der Waals surface area contributed by atoms with Gasteiger partial charge in [-0.2, -0.15) is 0 Å². The fourth-order valence-electron chi connectivity index (χ4n) is 3.46. The first-order valence-electron chi connectivity index (χ1n) is 9.65. The minimum absolute atomic E-state index is 0.185. The number of quaternary nitrogens is 1. The molecular formula is C20H34N3O2+. The molecule has 0 unspecified atom stereocenters. The maximum absolute atomic E-state index is 12.2. The van der Waals surface area contributed by atoms with E-state index in [4.69, 9.17) is 4.74 Å². The monoisotopic (exact) mass is 348 g/mol. The van der Waals surface area contributed by atoms with Crippen LogP contribution < -0.4 is 19.9 Å². The van der Waals surface area contributed by atoms with E-state index in [9.17, 15) is 4.79 Å². The molecular weight excluding hydrogens is 314 g/mol. The topological polar surface area (TPSA) is 46.0 Å². The quantitative estimate of drug-likeness (QED) is 0.665. The van der Waals surface area contributed by atoms with Gasteiger partial charge in [-0.3, -0.25) is 4.79 Å². The second kappa shape index (κ2) is 10.3. The molecule has 140 valence electrons. The summed E-state index contributed by atoms with van der Waals surface area (Å²) in [6.45, 7) is 8.77. The number of nitrogens with one attached hydrogen (secondary N) is 2. The Morgan fingerprint density at radius 3 is 2.68 bits per heavy atom. The number of hydrogen-bond donors (Lipinski definition) is 2. The fourth-order valence-corrected chi connectivity index (χ4v) is 3.46. The summed E-state index contributed by atoms with van der Waals surface area (Å²) in [5.41, 5.74) is 1.15. The Bertz CT molecular complexity index is 527. The van der Waals surface area contributed by atoms with Crippen LogP contribution in [0.2, 0.25) is 0 Å². The molecule has 5 heteroatoms. The highest BCUT2D eigenvalue weighted by Crippen LogP contribution is 2.27. The molecule has 2 rings (SSSR count). The van der Waals surface area contributed by atoms with E-state index < -0.39 is 0 Å². The van der Waals surface area contributed by atoms with Gasteiger partial charge in [0.05, 0.1) is 39.0 Å². The van der Waals surface area contributed by atoms with Crippen molar-refractivity contribution >= 4 is 11.6 Å². The molecule has 1 aliphatic rings. The van der Waals surface area contributed by atoms with E-state index in [1.165, 1.54) is 24.2 Å². The lowest BCUT2D eigenvalue weighted by Gasteiger charge is -2.34. The maximum atomic E-state index is 12.2. The van der Waals surface area contributed by atoms with Crippen LogP contribution in [0.25, 0.3) is 0 Å². The Hall–Kier alpha value is -1.75. The summed E-state index contributed by atoms with van der Waals surface area (Å²) in [5, 5.41) is 3.15. The van der Waals surface area contributed by atoms with E-state index in [2.05, 4.69) is 30.1 Å². The zero-order valence-electron chi connectivity index (χ0n) is 16.0. The van der Waals surface area contributed by atoms with Gasteiger partial charge >= 0.3 is 0 Å². The van der Waals surface area contributed by atoms with E-state index in [-0.39, 0.29) is 11.9 Å². The molecule has 1 atom stereocenters. The molecule has 5 nitrogen and oxygen atoms in total. The van der Waals surface area contributed by atoms with Gasteiger partial charge in [0.2, 0.25) is 0 Å². The van der Waals surface area contributed by atoms with Crippen molar-refractivity contribution in [1.82, 2.24) is 5.32 Å². The SMILES string of the molecule is CCCCC[C@@H](C)NC(=O)C[NH+]1CCN(c2ccccc2OC)CC1. The van der Waals surface area contributed by atoms with Crippen molar-refractivity contribution in [3.05, 3.63) is 24.3 Å². The molecule has 1 amide bonds. The van der Waals surface area contributed by atoms with Gasteiger partial charge < -0.3 is 19.9 Å². The number of nitrogens with zero attached hydrogens (tertiary/aromatic N) is 1. The highest BCUT2D eigenvalue weighted by Gasteiger charge is 2.24. The minimum atomic E-state index is 0.185. The lowest BCUT2D eigenvalue weighted by atomic mass is 10.1. The van der Waals surface area contributed by atoms with Crippen LogP contribution in [0.3, 0.4) is 0 Å². The predicted octanol–water partition coefficient (Wildman–Crippen LogP) is 1.49. The third-order valence-electron chi connectivity index (χ3n) is 4.96. The highest BCUT2D eigenvalue weighted by atomic mass is 16.5. The van der Waals surface area contributed by atoms with E-state index in [1.807, 2.05) is 18.2 Å². The zero-order chi connectivity index (χ0) is 18.1. The molecule has 1 aliphatic heterocycles. The second-order valence-corrected chi connectivity index (χ2v) is 7.05. The molecule has 1 fully saturated rings. The van der Waals surface area contributed by atoms with E-state index in [0.29, 0.717) is 6.54 Å². The van der Waals surface area contributed by atoms with Gasteiger partial charge in [0.1, 0.15) is 5.75 Å². The van der Waals surface area contributed by atoms with Gasteiger partial charge in [0, 0.05) is 6.04 Å². The van der Waals surface area contributed by atoms with Gasteiger partial charge in [-0.1, -0.05) is 38.3 Å². The summed E-state index contributed by atoms with van der Waals surface area (Å²) < 4.78 is 5.46. The maximum Gasteiger partial charge on any atom is 0.275 e. The van der Waals surface area contributed by atoms with E-state index in [0.717, 1.165) is 44.0 Å². The molecule has 1 saturated heterocycles. The average molecular weight is 349 g/mol. The Morgan fingerprint density at radius 2 is 2.00 bits per heavy atom. The first-order valence-corrected chi connectivity index (χ1v) is 9.65. The summed E-state index contributed by atoms with van der Waals surface area (Å²) in [6.07, 6.45) is 4.75. The number of methoxy groups -OCH3 is 1. The summed E-state index contributed by atoms with van der Waals surface area (Å²) in [5.74, 6) is 1.11. The highest BCUT2D eigenvalue weighted by molar-refractivity contribution is 5.77. The Labute approximate surface area is 152 Å². The average Bonchev–Trinajstić information content (AvgIpc) is 2.62. The number of carbonyl (C=O) groups excluding carboxylic acids is 1. The van der Waals surface area contributed by atoms with Crippen LogP contribution in [0.4, 0.5) is 5.69 Å². The van der Waals surface area contributed by atoms with Crippen molar-refractivity contribution in [2.45, 2.75) is 45.6 Å². The third kappa shape index (κ3) is 6.24. The number of unbranched alkanes of at least 4 members (excludes halogenated alkanes) is 2. The van der Waals surface area contributed by atoms with Gasteiger partial charge in [-0.15, -0.1) is 0 Å². The molecule has 0 spiro atoms. The summed E-state index contributed by atoms with van der Waals surface area (Å²) in [7, 11) is 1.71. The molecule has 0 aromatic heterocycles. The van der Waals surface area contributed by atoms with Gasteiger partial charge in [0.15, 0.2) is 6.54 Å². The molecule has 0 radical (unpaired) electrons. The van der Waals surface area contributed by atoms with Crippen molar-refractivity contribution in [3.8, 4) is 5.75 Å². The lowest BCUT2D eigenvalue weighted by Crippen LogP contribution is -3.16. The smallest absolute Gasteiger partial charge is 0.275 e. The molecule has 0 aliphatic carbocycles. The van der Waals surface area contributed by atoms with Crippen LogP contribution in [0.15, 0.2) is 24.3 Å². The number of carbonyl (C=O) groups is 1. The summed E-state index contributed by atoms with van der Waals surface area (Å²) in [4.78, 5) is 16.0. The Balaban J connectivity index is 1.74. The number of hydrogen-bond acceptors (Lipinski definition) is 3. The molecule has 25 heavy (non-hydrogen) atoms. The van der Waals surface area contributed by atoms with Crippen LogP contribution in [0.1, 0.15) is 39.5 Å². The second-order valence-electron chi connectivity index (χ2n) is 7.05. The van der Waals surface area contributed by atoms with Crippen LogP contribution in [-0.4, -0.2) is 51.8 Å². The van der Waals surface area contributed by atoms with Crippen LogP contribution in [-0.2, 0) is 4.79 Å². The minimum Gasteiger partial charge on any atom is -0.495 e. The van der Waals surface area contributed by atoms with Crippen LogP contribution >= 0.6 is 0 Å². The van der Waals surface area contributed by atoms with Crippen molar-refractivity contribution in [3.63, 3.8) is 0 Å². The largest absolute Gasteiger partial charge is 0.495 e. The van der Waals surface area contributed by atoms with Gasteiger partial charge in [-0.25, -0.2) is 0 Å². The third-order valence-corrected chi connectivity index (χ3v) is 4.96. The zero-order valence-corrected chi connectivity index (χ0v) is 16.0. The van der Waals surface area contributed by atoms with E-state index >= 15 is 0 Å². The molecule has 0 saturated carbocycles. The molecule has 1 aromatic carbocycles. The number of piperazine rings is 1. The summed E-state index contributed by atoms with van der Waals surface area (Å²) >= 11 is 0. The number of benzene rings is 1. The fraction of sp³-hybridized carbons (Fsp3) is 0.650. The van der Waals surface area contributed by atoms with Crippen molar-refractivity contribution in [1.29, 1.82) is 0 Å². The molecule has 1 heterocycles. The van der Waals surface area contributed by atoms with Crippen LogP contribution in [0, 0.1) is 0 Å². The lowest BCUT2D eigenvalue weighted by molar-refractivity contribution is -0.892. The van der Waals surface area contributed by atoms with Crippen molar-refractivity contribution < 1.29 is 14.4 Å². The Morgan fingerprint density at radius 1 is 1.28 bits per heavy atom. The number of amides is 1. The van der Waals surface area contributed by atoms with Gasteiger partial charge in [-0.05, 0) is 25.5 Å². The van der Waals surface area contributed by atoms with Gasteiger partial charge in [0.25, 0.3) is 5.91 Å². The number of rotatable bonds is 9. The van der Waals surface area contributed by atoms with Crippen molar-refractivity contribution in [2.24, 2.45) is 0 Å². The first kappa shape index (κ1) is 19.6. The van der Waals surface area contributed by atoms with Crippen molar-refractivity contribution in [2.75, 3.05) is 44.7 Å².